The molecule has 3 rings (SSSR count). The van der Waals surface area contributed by atoms with Gasteiger partial charge in [-0.05, 0) is 6.42 Å². The van der Waals surface area contributed by atoms with Gasteiger partial charge in [-0.25, -0.2) is 4.68 Å². The lowest BCUT2D eigenvalue weighted by atomic mass is 10.2. The molecule has 0 radical (unpaired) electrons. The molecule has 0 unspecified atom stereocenters. The first-order valence-electron chi connectivity index (χ1n) is 5.88. The molecule has 0 saturated heterocycles. The number of aryl methyl sites for hydroxylation is 1. The van der Waals surface area contributed by atoms with Crippen LogP contribution in [-0.4, -0.2) is 28.2 Å². The monoisotopic (exact) mass is 244 g/mol. The first kappa shape index (κ1) is 10.8. The van der Waals surface area contributed by atoms with Crippen LogP contribution in [0.15, 0.2) is 12.1 Å². The zero-order chi connectivity index (χ0) is 12.4. The van der Waals surface area contributed by atoms with Crippen molar-refractivity contribution in [2.45, 2.75) is 19.4 Å². The average Bonchev–Trinajstić information content (AvgIpc) is 2.79. The highest BCUT2D eigenvalue weighted by molar-refractivity contribution is 5.79. The lowest BCUT2D eigenvalue weighted by Gasteiger charge is -2.17. The Bertz CT molecular complexity index is 614. The van der Waals surface area contributed by atoms with Crippen molar-refractivity contribution in [2.75, 3.05) is 13.2 Å². The highest BCUT2D eigenvalue weighted by atomic mass is 16.6. The van der Waals surface area contributed by atoms with Gasteiger partial charge in [0.2, 0.25) is 0 Å². The first-order valence-corrected chi connectivity index (χ1v) is 5.88. The molecule has 6 nitrogen and oxygen atoms in total. The molecule has 0 bridgehead atoms. The molecule has 1 aliphatic rings. The Morgan fingerprint density at radius 3 is 2.83 bits per heavy atom. The Labute approximate surface area is 104 Å². The number of benzene rings is 1. The van der Waals surface area contributed by atoms with E-state index in [-0.39, 0.29) is 0 Å². The summed E-state index contributed by atoms with van der Waals surface area (Å²) in [6.07, 6.45) is 1.29. The third kappa shape index (κ3) is 1.84. The normalized spacial score (nSPS) is 13.5. The van der Waals surface area contributed by atoms with Gasteiger partial charge in [0.05, 0.1) is 11.6 Å². The van der Waals surface area contributed by atoms with Crippen LogP contribution in [0.1, 0.15) is 12.8 Å². The molecule has 1 aromatic carbocycles. The minimum absolute atomic E-state index is 0.520. The van der Waals surface area contributed by atoms with E-state index in [0.717, 1.165) is 29.0 Å². The van der Waals surface area contributed by atoms with Crippen molar-refractivity contribution in [2.24, 2.45) is 0 Å². The molecule has 18 heavy (non-hydrogen) atoms. The van der Waals surface area contributed by atoms with E-state index in [9.17, 15) is 0 Å². The standard InChI is InChI=1S/C12H12N4O2/c13-3-1-2-4-16-10-8-12-11(17-5-6-18-12)7-9(10)14-15-16/h7-8H,1-2,4-6H2. The molecule has 2 aromatic rings. The summed E-state index contributed by atoms with van der Waals surface area (Å²) in [5, 5.41) is 16.7. The second-order valence-electron chi connectivity index (χ2n) is 4.06. The molecule has 6 heteroatoms. The van der Waals surface area contributed by atoms with Gasteiger partial charge in [0.25, 0.3) is 0 Å². The maximum atomic E-state index is 8.53. The topological polar surface area (TPSA) is 73.0 Å². The molecule has 0 N–H and O–H groups in total. The van der Waals surface area contributed by atoms with Crippen LogP contribution in [0.2, 0.25) is 0 Å². The number of hydrogen-bond acceptors (Lipinski definition) is 5. The third-order valence-electron chi connectivity index (χ3n) is 2.84. The number of nitriles is 1. The summed E-state index contributed by atoms with van der Waals surface area (Å²) in [6, 6.07) is 5.87. The van der Waals surface area contributed by atoms with E-state index in [2.05, 4.69) is 16.4 Å². The molecule has 0 saturated carbocycles. The fourth-order valence-electron chi connectivity index (χ4n) is 1.98. The van der Waals surface area contributed by atoms with Gasteiger partial charge >= 0.3 is 0 Å². The quantitative estimate of drug-likeness (QED) is 0.765. The van der Waals surface area contributed by atoms with Crippen LogP contribution < -0.4 is 9.47 Å². The highest BCUT2D eigenvalue weighted by Crippen LogP contribution is 2.33. The van der Waals surface area contributed by atoms with Gasteiger partial charge in [0.1, 0.15) is 18.7 Å². The summed E-state index contributed by atoms with van der Waals surface area (Å²) in [6.45, 7) is 1.81. The van der Waals surface area contributed by atoms with Crippen LogP contribution in [0.25, 0.3) is 11.0 Å². The Morgan fingerprint density at radius 1 is 1.28 bits per heavy atom. The van der Waals surface area contributed by atoms with Crippen LogP contribution in [-0.2, 0) is 6.54 Å². The van der Waals surface area contributed by atoms with Crippen molar-refractivity contribution in [1.29, 1.82) is 5.26 Å². The van der Waals surface area contributed by atoms with Crippen LogP contribution in [0.3, 0.4) is 0 Å². The van der Waals surface area contributed by atoms with Crippen molar-refractivity contribution in [3.8, 4) is 17.6 Å². The van der Waals surface area contributed by atoms with Gasteiger partial charge in [-0.1, -0.05) is 5.21 Å². The summed E-state index contributed by atoms with van der Waals surface area (Å²) < 4.78 is 12.8. The van der Waals surface area contributed by atoms with Gasteiger partial charge in [0, 0.05) is 25.1 Å². The largest absolute Gasteiger partial charge is 0.486 e. The number of rotatable bonds is 3. The summed E-state index contributed by atoms with van der Waals surface area (Å²) in [5.74, 6) is 1.45. The number of hydrogen-bond donors (Lipinski definition) is 0. The molecule has 92 valence electrons. The highest BCUT2D eigenvalue weighted by Gasteiger charge is 2.15. The predicted octanol–water partition coefficient (Wildman–Crippen LogP) is 1.51. The van der Waals surface area contributed by atoms with Crippen molar-refractivity contribution >= 4 is 11.0 Å². The van der Waals surface area contributed by atoms with E-state index in [4.69, 9.17) is 14.7 Å². The number of nitrogens with zero attached hydrogens (tertiary/aromatic N) is 4. The lowest BCUT2D eigenvalue weighted by Crippen LogP contribution is -2.15. The summed E-state index contributed by atoms with van der Waals surface area (Å²) in [4.78, 5) is 0. The fourth-order valence-corrected chi connectivity index (χ4v) is 1.98. The van der Waals surface area contributed by atoms with Crippen LogP contribution in [0, 0.1) is 11.3 Å². The number of unbranched alkanes of at least 4 members (excludes halogenated alkanes) is 1. The van der Waals surface area contributed by atoms with Crippen LogP contribution in [0.5, 0.6) is 11.5 Å². The Kier molecular flexibility index (Phi) is 2.73. The molecule has 1 aliphatic heterocycles. The van der Waals surface area contributed by atoms with Crippen molar-refractivity contribution in [3.63, 3.8) is 0 Å². The van der Waals surface area contributed by atoms with E-state index >= 15 is 0 Å². The van der Waals surface area contributed by atoms with Crippen molar-refractivity contribution in [3.05, 3.63) is 12.1 Å². The van der Waals surface area contributed by atoms with E-state index < -0.39 is 0 Å². The number of aromatic nitrogens is 3. The average molecular weight is 244 g/mol. The Balaban J connectivity index is 1.95. The zero-order valence-electron chi connectivity index (χ0n) is 9.80. The summed E-state index contributed by atoms with van der Waals surface area (Å²) >= 11 is 0. The molecule has 0 spiro atoms. The summed E-state index contributed by atoms with van der Waals surface area (Å²) in [7, 11) is 0. The van der Waals surface area contributed by atoms with Gasteiger partial charge in [0.15, 0.2) is 11.5 Å². The Morgan fingerprint density at radius 2 is 2.06 bits per heavy atom. The van der Waals surface area contributed by atoms with Crippen LogP contribution >= 0.6 is 0 Å². The van der Waals surface area contributed by atoms with Gasteiger partial charge < -0.3 is 9.47 Å². The van der Waals surface area contributed by atoms with E-state index in [1.807, 2.05) is 12.1 Å². The molecular weight excluding hydrogens is 232 g/mol. The molecule has 0 aliphatic carbocycles. The molecule has 0 atom stereocenters. The summed E-state index contributed by atoms with van der Waals surface area (Å²) in [5.41, 5.74) is 1.70. The molecule has 1 aromatic heterocycles. The van der Waals surface area contributed by atoms with E-state index in [1.54, 1.807) is 4.68 Å². The Hall–Kier alpha value is -2.29. The van der Waals surface area contributed by atoms with Crippen molar-refractivity contribution in [1.82, 2.24) is 15.0 Å². The number of ether oxygens (including phenoxy) is 2. The van der Waals surface area contributed by atoms with Gasteiger partial charge in [-0.3, -0.25) is 0 Å². The van der Waals surface area contributed by atoms with Gasteiger partial charge in [-0.15, -0.1) is 5.10 Å². The predicted molar refractivity (Wildman–Crippen MR) is 63.4 cm³/mol. The second-order valence-corrected chi connectivity index (χ2v) is 4.06. The van der Waals surface area contributed by atoms with Crippen LogP contribution in [0.4, 0.5) is 0 Å². The van der Waals surface area contributed by atoms with E-state index in [0.29, 0.717) is 26.2 Å². The number of fused-ring (bicyclic) bond motifs is 2. The molecule has 0 fully saturated rings. The fraction of sp³-hybridized carbons (Fsp3) is 0.417. The molecule has 0 amide bonds. The van der Waals surface area contributed by atoms with Gasteiger partial charge in [-0.2, -0.15) is 5.26 Å². The van der Waals surface area contributed by atoms with Crippen molar-refractivity contribution < 1.29 is 9.47 Å². The first-order chi connectivity index (χ1) is 8.88. The maximum absolute atomic E-state index is 8.53. The second kappa shape index (κ2) is 4.53. The maximum Gasteiger partial charge on any atom is 0.163 e. The molecule has 2 heterocycles. The minimum atomic E-state index is 0.520. The SMILES string of the molecule is N#CCCCn1nnc2cc3c(cc21)OCCO3. The zero-order valence-corrected chi connectivity index (χ0v) is 9.80. The van der Waals surface area contributed by atoms with E-state index in [1.165, 1.54) is 0 Å². The smallest absolute Gasteiger partial charge is 0.163 e. The molecular formula is C12H12N4O2. The minimum Gasteiger partial charge on any atom is -0.486 e. The third-order valence-corrected chi connectivity index (χ3v) is 2.84. The lowest BCUT2D eigenvalue weighted by molar-refractivity contribution is 0.172.